The molecule has 3 heterocycles. The predicted octanol–water partition coefficient (Wildman–Crippen LogP) is 1.33. The minimum Gasteiger partial charge on any atom is -0.334 e. The molecule has 24 heavy (non-hydrogen) atoms. The van der Waals surface area contributed by atoms with Crippen LogP contribution in [-0.4, -0.2) is 16.2 Å². The number of benzene rings is 1. The number of hydrogen-bond acceptors (Lipinski definition) is 5. The van der Waals surface area contributed by atoms with E-state index in [1.165, 1.54) is 23.5 Å². The van der Waals surface area contributed by atoms with Crippen molar-refractivity contribution in [2.24, 2.45) is 4.99 Å². The molecule has 0 aliphatic carbocycles. The largest absolute Gasteiger partial charge is 0.334 e. The summed E-state index contributed by atoms with van der Waals surface area (Å²) >= 11 is 1.36. The first-order valence-electron chi connectivity index (χ1n) is 7.38. The van der Waals surface area contributed by atoms with Gasteiger partial charge < -0.3 is 4.90 Å². The van der Waals surface area contributed by atoms with Gasteiger partial charge in [0.1, 0.15) is 19.2 Å². The molecule has 0 N–H and O–H groups in total. The van der Waals surface area contributed by atoms with Gasteiger partial charge in [0.25, 0.3) is 5.56 Å². The number of aromatic nitrogens is 2. The van der Waals surface area contributed by atoms with Gasteiger partial charge in [-0.2, -0.15) is 0 Å². The molecule has 7 heteroatoms. The van der Waals surface area contributed by atoms with Crippen molar-refractivity contribution in [2.75, 3.05) is 11.6 Å². The van der Waals surface area contributed by atoms with Gasteiger partial charge in [-0.1, -0.05) is 17.4 Å². The fourth-order valence-corrected chi connectivity index (χ4v) is 3.47. The van der Waals surface area contributed by atoms with Crippen LogP contribution in [0.25, 0.3) is 6.08 Å². The summed E-state index contributed by atoms with van der Waals surface area (Å²) in [5.74, 6) is -0.284. The molecule has 1 aliphatic heterocycles. The Morgan fingerprint density at radius 3 is 2.75 bits per heavy atom. The molecule has 0 bridgehead atoms. The molecule has 4 rings (SSSR count). The molecule has 0 saturated heterocycles. The van der Waals surface area contributed by atoms with Gasteiger partial charge in [0.05, 0.1) is 10.2 Å². The van der Waals surface area contributed by atoms with Crippen LogP contribution in [-0.2, 0) is 6.67 Å². The highest BCUT2D eigenvalue weighted by molar-refractivity contribution is 7.07. The van der Waals surface area contributed by atoms with Crippen LogP contribution in [0, 0.1) is 5.82 Å². The lowest BCUT2D eigenvalue weighted by atomic mass is 10.3. The number of nitrogens with zero attached hydrogens (tertiary/aromatic N) is 4. The van der Waals surface area contributed by atoms with Crippen LogP contribution >= 0.6 is 11.3 Å². The van der Waals surface area contributed by atoms with Crippen LogP contribution in [0.4, 0.5) is 10.1 Å². The van der Waals surface area contributed by atoms with Crippen LogP contribution in [0.5, 0.6) is 0 Å². The number of halogens is 1. The summed E-state index contributed by atoms with van der Waals surface area (Å²) in [5.41, 5.74) is 1.49. The maximum absolute atomic E-state index is 13.1. The topological polar surface area (TPSA) is 50.5 Å². The summed E-state index contributed by atoms with van der Waals surface area (Å²) in [6.45, 7) is 0.838. The maximum atomic E-state index is 13.1. The van der Waals surface area contributed by atoms with Gasteiger partial charge in [0, 0.05) is 11.9 Å². The van der Waals surface area contributed by atoms with Crippen molar-refractivity contribution in [3.05, 3.63) is 79.9 Å². The Hall–Kier alpha value is -2.80. The lowest BCUT2D eigenvalue weighted by Gasteiger charge is -2.25. The number of thiazole rings is 1. The first-order chi connectivity index (χ1) is 11.7. The van der Waals surface area contributed by atoms with Crippen molar-refractivity contribution in [3.63, 3.8) is 0 Å². The fourth-order valence-electron chi connectivity index (χ4n) is 2.52. The minimum absolute atomic E-state index is 0.0868. The molecule has 0 atom stereocenters. The predicted molar refractivity (Wildman–Crippen MR) is 90.9 cm³/mol. The highest BCUT2D eigenvalue weighted by Crippen LogP contribution is 2.16. The van der Waals surface area contributed by atoms with Gasteiger partial charge in [0.15, 0.2) is 4.80 Å². The van der Waals surface area contributed by atoms with Crippen LogP contribution < -0.4 is 19.8 Å². The monoisotopic (exact) mass is 340 g/mol. The molecule has 0 radical (unpaired) electrons. The summed E-state index contributed by atoms with van der Waals surface area (Å²) < 4.78 is 15.3. The molecule has 0 spiro atoms. The quantitative estimate of drug-likeness (QED) is 0.707. The summed E-state index contributed by atoms with van der Waals surface area (Å²) in [5, 5.41) is 0. The zero-order chi connectivity index (χ0) is 16.5. The molecule has 0 saturated carbocycles. The van der Waals surface area contributed by atoms with Gasteiger partial charge in [-0.15, -0.1) is 0 Å². The van der Waals surface area contributed by atoms with E-state index in [-0.39, 0.29) is 11.4 Å². The Bertz CT molecular complexity index is 1040. The molecule has 2 aromatic heterocycles. The zero-order valence-corrected chi connectivity index (χ0v) is 13.4. The molecule has 3 aromatic rings. The van der Waals surface area contributed by atoms with E-state index in [9.17, 15) is 9.18 Å². The second-order valence-electron chi connectivity index (χ2n) is 5.34. The number of hydrogen-bond donors (Lipinski definition) is 0. The van der Waals surface area contributed by atoms with Crippen LogP contribution in [0.3, 0.4) is 0 Å². The SMILES string of the molecule is O=c1/c(=C\c2ccccn2)sc2n1CN(c1ccc(F)cc1)CN=2. The summed E-state index contributed by atoms with van der Waals surface area (Å²) in [6, 6.07) is 11.8. The Morgan fingerprint density at radius 2 is 2.00 bits per heavy atom. The average Bonchev–Trinajstić information content (AvgIpc) is 2.92. The van der Waals surface area contributed by atoms with Gasteiger partial charge in [0.2, 0.25) is 0 Å². The van der Waals surface area contributed by atoms with E-state index in [1.54, 1.807) is 29.0 Å². The number of pyridine rings is 1. The number of fused-ring (bicyclic) bond motifs is 1. The van der Waals surface area contributed by atoms with E-state index >= 15 is 0 Å². The van der Waals surface area contributed by atoms with E-state index in [0.717, 1.165) is 11.4 Å². The molecule has 1 aliphatic rings. The highest BCUT2D eigenvalue weighted by Gasteiger charge is 2.15. The average molecular weight is 340 g/mol. The number of anilines is 1. The second kappa shape index (κ2) is 6.01. The molecular weight excluding hydrogens is 327 g/mol. The Morgan fingerprint density at radius 1 is 1.17 bits per heavy atom. The van der Waals surface area contributed by atoms with Gasteiger partial charge in [-0.3, -0.25) is 14.3 Å². The minimum atomic E-state index is -0.284. The highest BCUT2D eigenvalue weighted by atomic mass is 32.1. The third kappa shape index (κ3) is 2.74. The molecule has 1 aromatic carbocycles. The normalized spacial score (nSPS) is 14.4. The van der Waals surface area contributed by atoms with Crippen molar-refractivity contribution < 1.29 is 4.39 Å². The van der Waals surface area contributed by atoms with Crippen LogP contribution in [0.2, 0.25) is 0 Å². The van der Waals surface area contributed by atoms with E-state index in [4.69, 9.17) is 0 Å². The fraction of sp³-hybridized carbons (Fsp3) is 0.118. The Balaban J connectivity index is 1.71. The van der Waals surface area contributed by atoms with Crippen molar-refractivity contribution in [1.82, 2.24) is 9.55 Å². The molecule has 5 nitrogen and oxygen atoms in total. The van der Waals surface area contributed by atoms with E-state index in [0.29, 0.717) is 22.7 Å². The number of rotatable bonds is 2. The van der Waals surface area contributed by atoms with Crippen molar-refractivity contribution in [3.8, 4) is 0 Å². The third-order valence-electron chi connectivity index (χ3n) is 3.74. The van der Waals surface area contributed by atoms with E-state index in [2.05, 4.69) is 9.98 Å². The first-order valence-corrected chi connectivity index (χ1v) is 8.20. The summed E-state index contributed by atoms with van der Waals surface area (Å²) in [4.78, 5) is 23.9. The van der Waals surface area contributed by atoms with E-state index < -0.39 is 0 Å². The lowest BCUT2D eigenvalue weighted by molar-refractivity contribution is 0.568. The third-order valence-corrected chi connectivity index (χ3v) is 4.78. The molecular formula is C17H13FN4OS. The molecule has 120 valence electrons. The lowest BCUT2D eigenvalue weighted by Crippen LogP contribution is -2.42. The van der Waals surface area contributed by atoms with Crippen LogP contribution in [0.1, 0.15) is 5.69 Å². The molecule has 0 amide bonds. The zero-order valence-electron chi connectivity index (χ0n) is 12.6. The second-order valence-corrected chi connectivity index (χ2v) is 6.35. The van der Waals surface area contributed by atoms with Crippen molar-refractivity contribution >= 4 is 23.1 Å². The van der Waals surface area contributed by atoms with Gasteiger partial charge in [-0.05, 0) is 42.5 Å². The summed E-state index contributed by atoms with van der Waals surface area (Å²) in [7, 11) is 0. The molecule has 0 fully saturated rings. The molecule has 0 unspecified atom stereocenters. The van der Waals surface area contributed by atoms with E-state index in [1.807, 2.05) is 23.1 Å². The Labute approximate surface area is 140 Å². The van der Waals surface area contributed by atoms with Gasteiger partial charge >= 0.3 is 0 Å². The summed E-state index contributed by atoms with van der Waals surface area (Å²) in [6.07, 6.45) is 3.47. The standard InChI is InChI=1S/C17H13FN4OS/c18-12-4-6-14(7-5-12)21-10-20-17-22(11-21)16(23)15(24-17)9-13-3-1-2-8-19-13/h1-9H,10-11H2/b15-9+. The smallest absolute Gasteiger partial charge is 0.271 e. The van der Waals surface area contributed by atoms with Crippen molar-refractivity contribution in [2.45, 2.75) is 6.67 Å². The van der Waals surface area contributed by atoms with Gasteiger partial charge in [-0.25, -0.2) is 9.38 Å². The van der Waals surface area contributed by atoms with Crippen LogP contribution in [0.15, 0.2) is 58.4 Å². The van der Waals surface area contributed by atoms with Crippen molar-refractivity contribution in [1.29, 1.82) is 0 Å². The Kier molecular flexibility index (Phi) is 3.70. The first kappa shape index (κ1) is 14.8. The maximum Gasteiger partial charge on any atom is 0.271 e.